The number of ether oxygens (including phenoxy) is 1. The molecule has 1 fully saturated rings. The van der Waals surface area contributed by atoms with Gasteiger partial charge in [-0.3, -0.25) is 4.79 Å². The van der Waals surface area contributed by atoms with Crippen LogP contribution in [0.3, 0.4) is 0 Å². The number of carbonyl (C=O) groups excluding carboxylic acids is 1. The molecule has 2 aliphatic heterocycles. The molecular weight excluding hydrogens is 202 g/mol. The van der Waals surface area contributed by atoms with Crippen molar-refractivity contribution >= 4 is 11.6 Å². The van der Waals surface area contributed by atoms with E-state index >= 15 is 0 Å². The number of nitrogens with one attached hydrogen (secondary N) is 1. The van der Waals surface area contributed by atoms with E-state index in [1.54, 1.807) is 0 Å². The molecule has 2 aliphatic rings. The largest absolute Gasteiger partial charge is 0.381 e. The van der Waals surface area contributed by atoms with E-state index in [2.05, 4.69) is 5.32 Å². The fourth-order valence-electron chi connectivity index (χ4n) is 2.61. The minimum absolute atomic E-state index is 0.0305. The van der Waals surface area contributed by atoms with Gasteiger partial charge < -0.3 is 10.1 Å². The van der Waals surface area contributed by atoms with Crippen LogP contribution in [0, 0.1) is 5.92 Å². The van der Waals surface area contributed by atoms with Crippen LogP contribution in [0.4, 0.5) is 5.69 Å². The molecule has 0 spiro atoms. The summed E-state index contributed by atoms with van der Waals surface area (Å²) >= 11 is 0. The second kappa shape index (κ2) is 3.91. The van der Waals surface area contributed by atoms with Crippen LogP contribution in [0.5, 0.6) is 0 Å². The first-order chi connectivity index (χ1) is 7.84. The second-order valence-electron chi connectivity index (χ2n) is 4.59. The van der Waals surface area contributed by atoms with Gasteiger partial charge in [0, 0.05) is 18.9 Å². The minimum Gasteiger partial charge on any atom is -0.381 e. The van der Waals surface area contributed by atoms with Crippen molar-refractivity contribution in [2.24, 2.45) is 5.92 Å². The molecule has 3 rings (SSSR count). The summed E-state index contributed by atoms with van der Waals surface area (Å²) in [5.74, 6) is 0.720. The van der Waals surface area contributed by atoms with Crippen LogP contribution in [0.15, 0.2) is 24.3 Å². The van der Waals surface area contributed by atoms with Gasteiger partial charge in [-0.25, -0.2) is 0 Å². The quantitative estimate of drug-likeness (QED) is 0.824. The van der Waals surface area contributed by atoms with Crippen LogP contribution < -0.4 is 5.32 Å². The van der Waals surface area contributed by atoms with Gasteiger partial charge >= 0.3 is 0 Å². The molecule has 3 nitrogen and oxygen atoms in total. The SMILES string of the molecule is O=C1Nc2ccccc2C1CC1CCOC1. The summed E-state index contributed by atoms with van der Waals surface area (Å²) in [6.07, 6.45) is 2.01. The molecule has 0 radical (unpaired) electrons. The van der Waals surface area contributed by atoms with Crippen molar-refractivity contribution in [3.05, 3.63) is 29.8 Å². The third-order valence-corrected chi connectivity index (χ3v) is 3.50. The van der Waals surface area contributed by atoms with Crippen molar-refractivity contribution in [1.82, 2.24) is 0 Å². The first kappa shape index (κ1) is 9.85. The fraction of sp³-hybridized carbons (Fsp3) is 0.462. The van der Waals surface area contributed by atoms with Crippen molar-refractivity contribution in [2.45, 2.75) is 18.8 Å². The molecule has 0 saturated carbocycles. The van der Waals surface area contributed by atoms with Gasteiger partial charge in [0.2, 0.25) is 5.91 Å². The predicted octanol–water partition coefficient (Wildman–Crippen LogP) is 2.15. The maximum atomic E-state index is 11.9. The van der Waals surface area contributed by atoms with Gasteiger partial charge in [-0.2, -0.15) is 0 Å². The summed E-state index contributed by atoms with van der Waals surface area (Å²) in [5, 5.41) is 2.94. The van der Waals surface area contributed by atoms with Gasteiger partial charge in [-0.1, -0.05) is 18.2 Å². The third kappa shape index (κ3) is 1.61. The molecule has 1 N–H and O–H groups in total. The van der Waals surface area contributed by atoms with E-state index in [4.69, 9.17) is 4.74 Å². The molecule has 84 valence electrons. The number of amides is 1. The zero-order chi connectivity index (χ0) is 11.0. The van der Waals surface area contributed by atoms with Crippen LogP contribution in [-0.4, -0.2) is 19.1 Å². The van der Waals surface area contributed by atoms with Crippen LogP contribution in [0.1, 0.15) is 24.3 Å². The number of hydrogen-bond acceptors (Lipinski definition) is 2. The molecule has 0 aromatic heterocycles. The lowest BCUT2D eigenvalue weighted by atomic mass is 9.89. The highest BCUT2D eigenvalue weighted by molar-refractivity contribution is 6.02. The van der Waals surface area contributed by atoms with E-state index < -0.39 is 0 Å². The van der Waals surface area contributed by atoms with E-state index in [1.807, 2.05) is 24.3 Å². The van der Waals surface area contributed by atoms with Gasteiger partial charge in [0.15, 0.2) is 0 Å². The van der Waals surface area contributed by atoms with Crippen molar-refractivity contribution in [1.29, 1.82) is 0 Å². The van der Waals surface area contributed by atoms with Crippen LogP contribution in [0.2, 0.25) is 0 Å². The zero-order valence-corrected chi connectivity index (χ0v) is 9.11. The van der Waals surface area contributed by atoms with Crippen LogP contribution >= 0.6 is 0 Å². The van der Waals surface area contributed by atoms with E-state index in [-0.39, 0.29) is 11.8 Å². The number of carbonyl (C=O) groups is 1. The van der Waals surface area contributed by atoms with Crippen molar-refractivity contribution in [3.8, 4) is 0 Å². The number of hydrogen-bond donors (Lipinski definition) is 1. The second-order valence-corrected chi connectivity index (χ2v) is 4.59. The molecule has 1 aromatic carbocycles. The van der Waals surface area contributed by atoms with Gasteiger partial charge in [0.25, 0.3) is 0 Å². The van der Waals surface area contributed by atoms with E-state index in [0.717, 1.165) is 37.3 Å². The Morgan fingerprint density at radius 3 is 3.06 bits per heavy atom. The number of benzene rings is 1. The van der Waals surface area contributed by atoms with Gasteiger partial charge in [-0.05, 0) is 30.4 Å². The van der Waals surface area contributed by atoms with E-state index in [0.29, 0.717) is 5.92 Å². The van der Waals surface area contributed by atoms with Gasteiger partial charge in [0.05, 0.1) is 5.92 Å². The number of para-hydroxylation sites is 1. The van der Waals surface area contributed by atoms with Crippen LogP contribution in [-0.2, 0) is 9.53 Å². The highest BCUT2D eigenvalue weighted by Gasteiger charge is 2.33. The molecule has 1 aromatic rings. The van der Waals surface area contributed by atoms with Crippen molar-refractivity contribution < 1.29 is 9.53 Å². The molecule has 16 heavy (non-hydrogen) atoms. The molecule has 1 saturated heterocycles. The number of anilines is 1. The lowest BCUT2D eigenvalue weighted by Gasteiger charge is -2.12. The van der Waals surface area contributed by atoms with Crippen molar-refractivity contribution in [3.63, 3.8) is 0 Å². The summed E-state index contributed by atoms with van der Waals surface area (Å²) in [6.45, 7) is 1.66. The topological polar surface area (TPSA) is 38.3 Å². The lowest BCUT2D eigenvalue weighted by Crippen LogP contribution is -2.16. The van der Waals surface area contributed by atoms with Gasteiger partial charge in [-0.15, -0.1) is 0 Å². The average molecular weight is 217 g/mol. The van der Waals surface area contributed by atoms with E-state index in [1.165, 1.54) is 0 Å². The number of rotatable bonds is 2. The molecule has 2 unspecified atom stereocenters. The molecule has 1 amide bonds. The van der Waals surface area contributed by atoms with Crippen LogP contribution in [0.25, 0.3) is 0 Å². The fourth-order valence-corrected chi connectivity index (χ4v) is 2.61. The normalized spacial score (nSPS) is 27.9. The Kier molecular flexibility index (Phi) is 2.40. The Morgan fingerprint density at radius 1 is 1.38 bits per heavy atom. The minimum atomic E-state index is 0.0305. The Hall–Kier alpha value is -1.35. The highest BCUT2D eigenvalue weighted by atomic mass is 16.5. The van der Waals surface area contributed by atoms with Crippen molar-refractivity contribution in [2.75, 3.05) is 18.5 Å². The third-order valence-electron chi connectivity index (χ3n) is 3.50. The Morgan fingerprint density at radius 2 is 2.25 bits per heavy atom. The molecular formula is C13H15NO2. The molecule has 2 heterocycles. The molecule has 3 heteroatoms. The summed E-state index contributed by atoms with van der Waals surface area (Å²) in [7, 11) is 0. The zero-order valence-electron chi connectivity index (χ0n) is 9.11. The summed E-state index contributed by atoms with van der Waals surface area (Å²) in [4.78, 5) is 11.9. The van der Waals surface area contributed by atoms with Gasteiger partial charge in [0.1, 0.15) is 0 Å². The Balaban J connectivity index is 1.81. The summed E-state index contributed by atoms with van der Waals surface area (Å²) in [6, 6.07) is 7.98. The summed E-state index contributed by atoms with van der Waals surface area (Å²) < 4.78 is 5.36. The molecule has 0 bridgehead atoms. The monoisotopic (exact) mass is 217 g/mol. The lowest BCUT2D eigenvalue weighted by molar-refractivity contribution is -0.117. The Bertz CT molecular complexity index is 410. The maximum absolute atomic E-state index is 11.9. The first-order valence-electron chi connectivity index (χ1n) is 5.82. The molecule has 0 aliphatic carbocycles. The highest BCUT2D eigenvalue weighted by Crippen LogP contribution is 2.37. The standard InChI is InChI=1S/C13H15NO2/c15-13-11(7-9-5-6-16-8-9)10-3-1-2-4-12(10)14-13/h1-4,9,11H,5-8H2,(H,14,15). The molecule has 2 atom stereocenters. The average Bonchev–Trinajstić information content (AvgIpc) is 2.89. The maximum Gasteiger partial charge on any atom is 0.232 e. The predicted molar refractivity (Wildman–Crippen MR) is 61.4 cm³/mol. The number of fused-ring (bicyclic) bond motifs is 1. The summed E-state index contributed by atoms with van der Waals surface area (Å²) in [5.41, 5.74) is 2.14. The Labute approximate surface area is 94.8 Å². The first-order valence-corrected chi connectivity index (χ1v) is 5.82. The smallest absolute Gasteiger partial charge is 0.232 e. The van der Waals surface area contributed by atoms with E-state index in [9.17, 15) is 4.79 Å².